The fourth-order valence-electron chi connectivity index (χ4n) is 4.25. The summed E-state index contributed by atoms with van der Waals surface area (Å²) in [5.41, 5.74) is 0.827. The predicted molar refractivity (Wildman–Crippen MR) is 115 cm³/mol. The van der Waals surface area contributed by atoms with E-state index in [0.717, 1.165) is 37.0 Å². The van der Waals surface area contributed by atoms with Gasteiger partial charge in [-0.2, -0.15) is 8.42 Å². The van der Waals surface area contributed by atoms with Gasteiger partial charge in [0, 0.05) is 19.0 Å². The molecule has 1 amide bonds. The first kappa shape index (κ1) is 21.8. The van der Waals surface area contributed by atoms with Crippen LogP contribution in [-0.2, 0) is 21.5 Å². The van der Waals surface area contributed by atoms with E-state index >= 15 is 0 Å². The zero-order chi connectivity index (χ0) is 21.8. The number of benzene rings is 2. The highest BCUT2D eigenvalue weighted by molar-refractivity contribution is 7.87. The minimum Gasteiger partial charge on any atom is -0.379 e. The number of hydrogen-bond donors (Lipinski definition) is 0. The Balaban J connectivity index is 1.41. The molecule has 0 N–H and O–H groups in total. The molecule has 2 aliphatic carbocycles. The van der Waals surface area contributed by atoms with E-state index in [4.69, 9.17) is 4.18 Å². The first-order valence-electron chi connectivity index (χ1n) is 11.0. The van der Waals surface area contributed by atoms with Crippen molar-refractivity contribution in [2.24, 2.45) is 5.92 Å². The highest BCUT2D eigenvalue weighted by Crippen LogP contribution is 2.32. The van der Waals surface area contributed by atoms with E-state index in [2.05, 4.69) is 0 Å². The summed E-state index contributed by atoms with van der Waals surface area (Å²) in [5, 5.41) is 0. The molecule has 0 aromatic heterocycles. The Labute approximate surface area is 183 Å². The number of nitrogens with zero attached hydrogens (tertiary/aromatic N) is 1. The SMILES string of the molecule is O=C(CCC1CCCC1)N(Cc1cccc(OS(=O)(=O)c2ccc(F)cc2)c1)C1CC1. The van der Waals surface area contributed by atoms with Gasteiger partial charge in [0.25, 0.3) is 0 Å². The van der Waals surface area contributed by atoms with Gasteiger partial charge in [0.15, 0.2) is 0 Å². The van der Waals surface area contributed by atoms with Crippen molar-refractivity contribution in [1.82, 2.24) is 4.90 Å². The largest absolute Gasteiger partial charge is 0.379 e. The van der Waals surface area contributed by atoms with Crippen LogP contribution in [0.4, 0.5) is 4.39 Å². The fourth-order valence-corrected chi connectivity index (χ4v) is 5.17. The monoisotopic (exact) mass is 445 g/mol. The van der Waals surface area contributed by atoms with Crippen LogP contribution in [0.3, 0.4) is 0 Å². The molecule has 5 nitrogen and oxygen atoms in total. The third-order valence-electron chi connectivity index (χ3n) is 6.11. The Hall–Kier alpha value is -2.41. The van der Waals surface area contributed by atoms with Crippen LogP contribution in [0.2, 0.25) is 0 Å². The van der Waals surface area contributed by atoms with Gasteiger partial charge in [0.1, 0.15) is 16.5 Å². The molecule has 2 fully saturated rings. The Kier molecular flexibility index (Phi) is 6.60. The molecule has 0 saturated heterocycles. The van der Waals surface area contributed by atoms with Gasteiger partial charge in [-0.15, -0.1) is 0 Å². The van der Waals surface area contributed by atoms with E-state index in [9.17, 15) is 17.6 Å². The van der Waals surface area contributed by atoms with E-state index in [0.29, 0.717) is 18.9 Å². The first-order valence-corrected chi connectivity index (χ1v) is 12.4. The number of amides is 1. The van der Waals surface area contributed by atoms with Crippen molar-refractivity contribution in [2.45, 2.75) is 68.8 Å². The lowest BCUT2D eigenvalue weighted by molar-refractivity contribution is -0.132. The van der Waals surface area contributed by atoms with Gasteiger partial charge in [-0.05, 0) is 67.1 Å². The maximum absolute atomic E-state index is 13.1. The van der Waals surface area contributed by atoms with Crippen LogP contribution < -0.4 is 4.18 Å². The minimum atomic E-state index is -4.06. The molecular weight excluding hydrogens is 417 g/mol. The maximum Gasteiger partial charge on any atom is 0.339 e. The third-order valence-corrected chi connectivity index (χ3v) is 7.37. The summed E-state index contributed by atoms with van der Waals surface area (Å²) >= 11 is 0. The number of rotatable bonds is 9. The second kappa shape index (κ2) is 9.39. The van der Waals surface area contributed by atoms with Crippen LogP contribution in [0.5, 0.6) is 5.75 Å². The van der Waals surface area contributed by atoms with E-state index in [1.807, 2.05) is 11.0 Å². The lowest BCUT2D eigenvalue weighted by atomic mass is 10.0. The zero-order valence-electron chi connectivity index (χ0n) is 17.5. The lowest BCUT2D eigenvalue weighted by Crippen LogP contribution is -2.32. The van der Waals surface area contributed by atoms with Gasteiger partial charge < -0.3 is 9.08 Å². The van der Waals surface area contributed by atoms with Gasteiger partial charge in [-0.1, -0.05) is 37.8 Å². The lowest BCUT2D eigenvalue weighted by Gasteiger charge is -2.23. The van der Waals surface area contributed by atoms with E-state index in [1.165, 1.54) is 37.8 Å². The van der Waals surface area contributed by atoms with Crippen LogP contribution in [0.1, 0.15) is 56.9 Å². The molecular formula is C24H28FNO4S. The molecule has 2 aromatic carbocycles. The summed E-state index contributed by atoms with van der Waals surface area (Å²) in [6, 6.07) is 11.6. The molecule has 2 aliphatic rings. The minimum absolute atomic E-state index is 0.110. The summed E-state index contributed by atoms with van der Waals surface area (Å²) in [7, 11) is -4.06. The molecule has 0 aliphatic heterocycles. The van der Waals surface area contributed by atoms with Gasteiger partial charge in [0.05, 0.1) is 0 Å². The van der Waals surface area contributed by atoms with Crippen LogP contribution >= 0.6 is 0 Å². The zero-order valence-corrected chi connectivity index (χ0v) is 18.3. The summed E-state index contributed by atoms with van der Waals surface area (Å²) in [4.78, 5) is 14.7. The Morgan fingerprint density at radius 2 is 1.74 bits per heavy atom. The Bertz CT molecular complexity index is 1010. The second-order valence-corrected chi connectivity index (χ2v) is 10.1. The molecule has 0 atom stereocenters. The van der Waals surface area contributed by atoms with E-state index < -0.39 is 15.9 Å². The fraction of sp³-hybridized carbons (Fsp3) is 0.458. The van der Waals surface area contributed by atoms with Crippen LogP contribution in [-0.4, -0.2) is 25.3 Å². The van der Waals surface area contributed by atoms with Gasteiger partial charge in [0.2, 0.25) is 5.91 Å². The molecule has 2 saturated carbocycles. The summed E-state index contributed by atoms with van der Waals surface area (Å²) < 4.78 is 43.3. The summed E-state index contributed by atoms with van der Waals surface area (Å²) in [6.45, 7) is 0.446. The van der Waals surface area contributed by atoms with Crippen molar-refractivity contribution in [3.8, 4) is 5.75 Å². The van der Waals surface area contributed by atoms with Crippen LogP contribution in [0.15, 0.2) is 53.4 Å². The van der Waals surface area contributed by atoms with Crippen molar-refractivity contribution >= 4 is 16.0 Å². The highest BCUT2D eigenvalue weighted by Gasteiger charge is 2.32. The molecule has 0 bridgehead atoms. The van der Waals surface area contributed by atoms with Gasteiger partial charge in [-0.3, -0.25) is 4.79 Å². The quantitative estimate of drug-likeness (QED) is 0.507. The van der Waals surface area contributed by atoms with Crippen molar-refractivity contribution in [3.63, 3.8) is 0 Å². The average molecular weight is 446 g/mol. The molecule has 0 radical (unpaired) electrons. The van der Waals surface area contributed by atoms with Crippen LogP contribution in [0, 0.1) is 11.7 Å². The number of hydrogen-bond acceptors (Lipinski definition) is 4. The molecule has 4 rings (SSSR count). The molecule has 7 heteroatoms. The van der Waals surface area contributed by atoms with Crippen LogP contribution in [0.25, 0.3) is 0 Å². The normalized spacial score (nSPS) is 16.9. The van der Waals surface area contributed by atoms with Crippen molar-refractivity contribution in [2.75, 3.05) is 0 Å². The highest BCUT2D eigenvalue weighted by atomic mass is 32.2. The number of halogens is 1. The van der Waals surface area contributed by atoms with Crippen molar-refractivity contribution in [1.29, 1.82) is 0 Å². The number of carbonyl (C=O) groups excluding carboxylic acids is 1. The van der Waals surface area contributed by atoms with E-state index in [1.54, 1.807) is 18.2 Å². The Morgan fingerprint density at radius 3 is 2.42 bits per heavy atom. The number of carbonyl (C=O) groups is 1. The topological polar surface area (TPSA) is 63.7 Å². The first-order chi connectivity index (χ1) is 14.9. The summed E-state index contributed by atoms with van der Waals surface area (Å²) in [6.07, 6.45) is 8.60. The van der Waals surface area contributed by atoms with E-state index in [-0.39, 0.29) is 22.6 Å². The van der Waals surface area contributed by atoms with Gasteiger partial charge >= 0.3 is 10.1 Å². The molecule has 31 heavy (non-hydrogen) atoms. The molecule has 166 valence electrons. The second-order valence-electron chi connectivity index (χ2n) is 8.58. The Morgan fingerprint density at radius 1 is 1.03 bits per heavy atom. The maximum atomic E-state index is 13.1. The smallest absolute Gasteiger partial charge is 0.339 e. The molecule has 0 spiro atoms. The predicted octanol–water partition coefficient (Wildman–Crippen LogP) is 5.05. The summed E-state index contributed by atoms with van der Waals surface area (Å²) in [5.74, 6) is 0.521. The molecule has 0 heterocycles. The van der Waals surface area contributed by atoms with Crippen molar-refractivity contribution < 1.29 is 21.8 Å². The van der Waals surface area contributed by atoms with Crippen molar-refractivity contribution in [3.05, 3.63) is 59.9 Å². The molecule has 0 unspecified atom stereocenters. The molecule has 2 aromatic rings. The van der Waals surface area contributed by atoms with Gasteiger partial charge in [-0.25, -0.2) is 4.39 Å². The average Bonchev–Trinajstić information content (AvgIpc) is 3.45. The third kappa shape index (κ3) is 5.85. The standard InChI is InChI=1S/C24H28FNO4S/c25-20-9-13-23(14-10-20)31(28,29)30-22-7-3-6-19(16-22)17-26(21-11-12-21)24(27)15-8-18-4-1-2-5-18/h3,6-7,9-10,13-14,16,18,21H,1-2,4-5,8,11-12,15,17H2.